The summed E-state index contributed by atoms with van der Waals surface area (Å²) in [5.41, 5.74) is 3.97. The van der Waals surface area contributed by atoms with Gasteiger partial charge in [0.05, 0.1) is 0 Å². The molecular formula is C17H28N2. The summed E-state index contributed by atoms with van der Waals surface area (Å²) in [5, 5.41) is 7.35. The second-order valence-electron chi connectivity index (χ2n) is 6.10. The Morgan fingerprint density at radius 2 is 2.11 bits per heavy atom. The van der Waals surface area contributed by atoms with E-state index in [9.17, 15) is 0 Å². The zero-order valence-corrected chi connectivity index (χ0v) is 12.6. The average molecular weight is 260 g/mol. The van der Waals surface area contributed by atoms with Crippen molar-refractivity contribution in [1.29, 1.82) is 0 Å². The molecule has 2 heteroatoms. The van der Waals surface area contributed by atoms with Gasteiger partial charge in [-0.1, -0.05) is 30.5 Å². The van der Waals surface area contributed by atoms with Crippen LogP contribution in [0.2, 0.25) is 0 Å². The number of rotatable bonds is 4. The summed E-state index contributed by atoms with van der Waals surface area (Å²) in [6.07, 6.45) is 6.66. The molecule has 2 nitrogen and oxygen atoms in total. The predicted molar refractivity (Wildman–Crippen MR) is 83.9 cm³/mol. The number of hydrogen-bond acceptors (Lipinski definition) is 2. The standard InChI is InChI=1S/C17H28N2/c1-13-8-9-17(14(2)11-13)19-15(3)12-16-7-5-4-6-10-18-16/h8-9,11,15-16,18-19H,4-7,10,12H2,1-3H3. The molecule has 2 N–H and O–H groups in total. The number of benzene rings is 1. The van der Waals surface area contributed by atoms with Crippen molar-refractivity contribution >= 4 is 5.69 Å². The van der Waals surface area contributed by atoms with E-state index in [1.807, 2.05) is 0 Å². The number of anilines is 1. The largest absolute Gasteiger partial charge is 0.382 e. The summed E-state index contributed by atoms with van der Waals surface area (Å²) in [5.74, 6) is 0. The van der Waals surface area contributed by atoms with E-state index in [0.717, 1.165) is 0 Å². The Kier molecular flexibility index (Phi) is 5.26. The van der Waals surface area contributed by atoms with Gasteiger partial charge in [0, 0.05) is 17.8 Å². The second kappa shape index (κ2) is 6.95. The van der Waals surface area contributed by atoms with Gasteiger partial charge in [0.15, 0.2) is 0 Å². The molecule has 1 fully saturated rings. The third kappa shape index (κ3) is 4.54. The highest BCUT2D eigenvalue weighted by atomic mass is 15.0. The normalized spacial score (nSPS) is 21.7. The van der Waals surface area contributed by atoms with E-state index in [1.165, 1.54) is 55.5 Å². The van der Waals surface area contributed by atoms with Crippen LogP contribution < -0.4 is 10.6 Å². The Balaban J connectivity index is 1.87. The number of hydrogen-bond donors (Lipinski definition) is 2. The van der Waals surface area contributed by atoms with Crippen molar-refractivity contribution in [2.24, 2.45) is 0 Å². The molecule has 0 radical (unpaired) electrons. The molecule has 1 aromatic rings. The lowest BCUT2D eigenvalue weighted by molar-refractivity contribution is 0.456. The average Bonchev–Trinajstić information content (AvgIpc) is 2.61. The molecule has 1 heterocycles. The molecule has 1 aliphatic rings. The molecule has 106 valence electrons. The first-order valence-corrected chi connectivity index (χ1v) is 7.72. The lowest BCUT2D eigenvalue weighted by atomic mass is 10.0. The maximum Gasteiger partial charge on any atom is 0.0372 e. The minimum absolute atomic E-state index is 0.525. The minimum Gasteiger partial charge on any atom is -0.382 e. The first kappa shape index (κ1) is 14.4. The first-order chi connectivity index (χ1) is 9.15. The monoisotopic (exact) mass is 260 g/mol. The van der Waals surface area contributed by atoms with E-state index in [2.05, 4.69) is 49.6 Å². The highest BCUT2D eigenvalue weighted by Gasteiger charge is 2.15. The van der Waals surface area contributed by atoms with E-state index < -0.39 is 0 Å². The molecule has 0 aliphatic carbocycles. The SMILES string of the molecule is Cc1ccc(NC(C)CC2CCCCCN2)c(C)c1. The van der Waals surface area contributed by atoms with Gasteiger partial charge in [-0.05, 0) is 58.2 Å². The molecule has 0 aromatic heterocycles. The van der Waals surface area contributed by atoms with E-state index in [4.69, 9.17) is 0 Å². The summed E-state index contributed by atoms with van der Waals surface area (Å²) < 4.78 is 0. The van der Waals surface area contributed by atoms with Crippen LogP contribution in [-0.2, 0) is 0 Å². The van der Waals surface area contributed by atoms with Crippen molar-refractivity contribution in [3.63, 3.8) is 0 Å². The van der Waals surface area contributed by atoms with Gasteiger partial charge in [0.1, 0.15) is 0 Å². The van der Waals surface area contributed by atoms with Crippen LogP contribution in [0.25, 0.3) is 0 Å². The van der Waals surface area contributed by atoms with Crippen LogP contribution in [-0.4, -0.2) is 18.6 Å². The van der Waals surface area contributed by atoms with Gasteiger partial charge >= 0.3 is 0 Å². The molecule has 2 atom stereocenters. The predicted octanol–water partition coefficient (Wildman–Crippen LogP) is 4.03. The lowest BCUT2D eigenvalue weighted by Crippen LogP contribution is -2.33. The van der Waals surface area contributed by atoms with Crippen LogP contribution in [0.1, 0.15) is 50.2 Å². The zero-order chi connectivity index (χ0) is 13.7. The summed E-state index contributed by atoms with van der Waals surface area (Å²) in [4.78, 5) is 0. The van der Waals surface area contributed by atoms with Gasteiger partial charge < -0.3 is 10.6 Å². The maximum absolute atomic E-state index is 3.68. The Morgan fingerprint density at radius 1 is 1.26 bits per heavy atom. The molecular weight excluding hydrogens is 232 g/mol. The lowest BCUT2D eigenvalue weighted by Gasteiger charge is -2.23. The fraction of sp³-hybridized carbons (Fsp3) is 0.647. The third-order valence-electron chi connectivity index (χ3n) is 4.08. The molecule has 0 amide bonds. The van der Waals surface area contributed by atoms with Crippen LogP contribution in [0.3, 0.4) is 0 Å². The first-order valence-electron chi connectivity index (χ1n) is 7.72. The molecule has 2 unspecified atom stereocenters. The molecule has 1 aliphatic heterocycles. The van der Waals surface area contributed by atoms with E-state index >= 15 is 0 Å². The van der Waals surface area contributed by atoms with Gasteiger partial charge in [-0.15, -0.1) is 0 Å². The Morgan fingerprint density at radius 3 is 2.89 bits per heavy atom. The molecule has 19 heavy (non-hydrogen) atoms. The number of aryl methyl sites for hydroxylation is 2. The molecule has 1 aromatic carbocycles. The summed E-state index contributed by atoms with van der Waals surface area (Å²) >= 11 is 0. The third-order valence-corrected chi connectivity index (χ3v) is 4.08. The van der Waals surface area contributed by atoms with Crippen molar-refractivity contribution in [3.05, 3.63) is 29.3 Å². The fourth-order valence-electron chi connectivity index (χ4n) is 3.03. The van der Waals surface area contributed by atoms with Crippen molar-refractivity contribution in [2.45, 2.75) is 65.0 Å². The van der Waals surface area contributed by atoms with Crippen molar-refractivity contribution < 1.29 is 0 Å². The smallest absolute Gasteiger partial charge is 0.0372 e. The molecule has 0 saturated carbocycles. The summed E-state index contributed by atoms with van der Waals surface area (Å²) in [7, 11) is 0. The summed E-state index contributed by atoms with van der Waals surface area (Å²) in [6, 6.07) is 7.86. The molecule has 2 rings (SSSR count). The summed E-state index contributed by atoms with van der Waals surface area (Å²) in [6.45, 7) is 7.83. The van der Waals surface area contributed by atoms with E-state index in [0.29, 0.717) is 12.1 Å². The Labute approximate surface area is 118 Å². The molecule has 0 bridgehead atoms. The van der Waals surface area contributed by atoms with Gasteiger partial charge in [0.25, 0.3) is 0 Å². The topological polar surface area (TPSA) is 24.1 Å². The maximum atomic E-state index is 3.68. The van der Waals surface area contributed by atoms with Crippen LogP contribution in [0.5, 0.6) is 0 Å². The molecule has 0 spiro atoms. The van der Waals surface area contributed by atoms with Gasteiger partial charge in [-0.25, -0.2) is 0 Å². The Bertz CT molecular complexity index is 392. The van der Waals surface area contributed by atoms with Crippen molar-refractivity contribution in [1.82, 2.24) is 5.32 Å². The molecule has 1 saturated heterocycles. The number of nitrogens with one attached hydrogen (secondary N) is 2. The van der Waals surface area contributed by atoms with Gasteiger partial charge in [-0.2, -0.15) is 0 Å². The van der Waals surface area contributed by atoms with Crippen molar-refractivity contribution in [3.8, 4) is 0 Å². The van der Waals surface area contributed by atoms with Gasteiger partial charge in [-0.3, -0.25) is 0 Å². The van der Waals surface area contributed by atoms with Gasteiger partial charge in [0.2, 0.25) is 0 Å². The minimum atomic E-state index is 0.525. The van der Waals surface area contributed by atoms with E-state index in [-0.39, 0.29) is 0 Å². The van der Waals surface area contributed by atoms with E-state index in [1.54, 1.807) is 0 Å². The van der Waals surface area contributed by atoms with Crippen LogP contribution in [0.4, 0.5) is 5.69 Å². The quantitative estimate of drug-likeness (QED) is 0.854. The van der Waals surface area contributed by atoms with Crippen LogP contribution >= 0.6 is 0 Å². The van der Waals surface area contributed by atoms with Crippen LogP contribution in [0.15, 0.2) is 18.2 Å². The fourth-order valence-corrected chi connectivity index (χ4v) is 3.03. The zero-order valence-electron chi connectivity index (χ0n) is 12.6. The Hall–Kier alpha value is -1.02. The highest BCUT2D eigenvalue weighted by Crippen LogP contribution is 2.19. The second-order valence-corrected chi connectivity index (χ2v) is 6.10. The van der Waals surface area contributed by atoms with Crippen LogP contribution in [0, 0.1) is 13.8 Å². The highest BCUT2D eigenvalue weighted by molar-refractivity contribution is 5.52. The van der Waals surface area contributed by atoms with Crippen molar-refractivity contribution in [2.75, 3.05) is 11.9 Å².